The van der Waals surface area contributed by atoms with Gasteiger partial charge < -0.3 is 10.6 Å². The van der Waals surface area contributed by atoms with Crippen molar-refractivity contribution in [2.75, 3.05) is 18.5 Å². The Bertz CT molecular complexity index is 1730. The molecule has 3 aromatic heterocycles. The molecule has 0 aliphatic heterocycles. The second-order valence-electron chi connectivity index (χ2n) is 10.1. The van der Waals surface area contributed by atoms with E-state index in [2.05, 4.69) is 36.1 Å². The molecule has 4 aromatic rings. The molecular formula is C26H23ClF4N10O2. The molecule has 12 nitrogen and oxygen atoms in total. The van der Waals surface area contributed by atoms with Crippen molar-refractivity contribution in [3.63, 3.8) is 0 Å². The maximum atomic E-state index is 13.7. The smallest absolute Gasteiger partial charge is 0.351 e. The maximum absolute atomic E-state index is 13.7. The second-order valence-corrected chi connectivity index (χ2v) is 10.6. The van der Waals surface area contributed by atoms with E-state index in [-0.39, 0.29) is 45.6 Å². The van der Waals surface area contributed by atoms with Gasteiger partial charge in [-0.3, -0.25) is 14.0 Å². The number of rotatable bonds is 9. The van der Waals surface area contributed by atoms with Gasteiger partial charge >= 0.3 is 6.18 Å². The van der Waals surface area contributed by atoms with Gasteiger partial charge in [0.2, 0.25) is 0 Å². The molecule has 3 heterocycles. The van der Waals surface area contributed by atoms with Gasteiger partial charge in [0.15, 0.2) is 5.82 Å². The number of aryl methyl sites for hydroxylation is 1. The third-order valence-corrected chi connectivity index (χ3v) is 6.27. The monoisotopic (exact) mass is 618 g/mol. The van der Waals surface area contributed by atoms with E-state index < -0.39 is 42.4 Å². The number of tetrazole rings is 1. The Labute approximate surface area is 246 Å². The summed E-state index contributed by atoms with van der Waals surface area (Å²) in [5.41, 5.74) is -0.415. The average Bonchev–Trinajstić information content (AvgIpc) is 3.61. The second kappa shape index (κ2) is 12.1. The van der Waals surface area contributed by atoms with Crippen LogP contribution >= 0.6 is 11.6 Å². The fraction of sp³-hybridized carbons (Fsp3) is 0.308. The molecule has 2 N–H and O–H groups in total. The first-order chi connectivity index (χ1) is 20.2. The first kappa shape index (κ1) is 31.0. The number of pyridine rings is 1. The van der Waals surface area contributed by atoms with Crippen LogP contribution in [0.4, 0.5) is 23.2 Å². The van der Waals surface area contributed by atoms with E-state index in [1.54, 1.807) is 26.8 Å². The van der Waals surface area contributed by atoms with Crippen molar-refractivity contribution >= 4 is 29.1 Å². The lowest BCUT2D eigenvalue weighted by atomic mass is 9.95. The van der Waals surface area contributed by atoms with Crippen molar-refractivity contribution in [1.82, 2.24) is 40.3 Å². The highest BCUT2D eigenvalue weighted by Gasteiger charge is 2.37. The largest absolute Gasteiger partial charge is 0.455 e. The molecule has 2 amide bonds. The van der Waals surface area contributed by atoms with Crippen molar-refractivity contribution in [2.24, 2.45) is 5.41 Å². The number of anilines is 1. The number of carbonyl (C=O) groups is 2. The Morgan fingerprint density at radius 1 is 1.14 bits per heavy atom. The number of benzene rings is 1. The fourth-order valence-corrected chi connectivity index (χ4v) is 3.97. The molecule has 0 aliphatic rings. The Balaban J connectivity index is 1.72. The third-order valence-electron chi connectivity index (χ3n) is 5.98. The van der Waals surface area contributed by atoms with Gasteiger partial charge in [-0.1, -0.05) is 25.4 Å². The minimum atomic E-state index is -4.81. The Hall–Kier alpha value is -4.91. The summed E-state index contributed by atoms with van der Waals surface area (Å²) in [6, 6.07) is 9.00. The van der Waals surface area contributed by atoms with Crippen LogP contribution in [0.3, 0.4) is 0 Å². The highest BCUT2D eigenvalue weighted by atomic mass is 35.5. The van der Waals surface area contributed by atoms with E-state index in [1.807, 2.05) is 6.07 Å². The maximum Gasteiger partial charge on any atom is 0.455 e. The molecule has 224 valence electrons. The van der Waals surface area contributed by atoms with Crippen molar-refractivity contribution in [3.05, 3.63) is 75.5 Å². The first-order valence-electron chi connectivity index (χ1n) is 12.5. The fourth-order valence-electron chi connectivity index (χ4n) is 3.77. The number of hydrogen-bond acceptors (Lipinski definition) is 8. The molecule has 0 fully saturated rings. The van der Waals surface area contributed by atoms with Crippen LogP contribution in [-0.4, -0.2) is 60.0 Å². The third kappa shape index (κ3) is 7.12. The molecule has 1 aromatic carbocycles. The molecule has 0 bridgehead atoms. The van der Waals surface area contributed by atoms with Crippen LogP contribution in [0.1, 0.15) is 57.3 Å². The summed E-state index contributed by atoms with van der Waals surface area (Å²) in [4.78, 5) is 31.6. The number of nitriles is 1. The summed E-state index contributed by atoms with van der Waals surface area (Å²) in [5, 5.41) is 28.8. The number of nitrogens with zero attached hydrogens (tertiary/aromatic N) is 8. The summed E-state index contributed by atoms with van der Waals surface area (Å²) in [6.45, 7) is 3.70. The van der Waals surface area contributed by atoms with Crippen molar-refractivity contribution in [1.29, 1.82) is 5.26 Å². The summed E-state index contributed by atoms with van der Waals surface area (Å²) in [7, 11) is 0. The van der Waals surface area contributed by atoms with Gasteiger partial charge in [-0.05, 0) is 48.0 Å². The molecule has 0 saturated carbocycles. The lowest BCUT2D eigenvalue weighted by Gasteiger charge is -2.21. The number of halogens is 5. The van der Waals surface area contributed by atoms with E-state index in [0.717, 1.165) is 4.68 Å². The van der Waals surface area contributed by atoms with Crippen molar-refractivity contribution in [2.45, 2.75) is 33.5 Å². The number of aromatic nitrogens is 7. The van der Waals surface area contributed by atoms with Crippen LogP contribution in [0.15, 0.2) is 36.5 Å². The average molecular weight is 619 g/mol. The number of amides is 2. The molecule has 4 rings (SSSR count). The molecule has 17 heteroatoms. The SMILES string of the molecule is Cc1cc(C#N)cc(C(=O)NCC(C)(C)CF)c1NC(=O)c1cc(Cn2nnc(C(F)(F)F)n2)nn1-c1ncccc1Cl. The van der Waals surface area contributed by atoms with Crippen LogP contribution in [-0.2, 0) is 12.7 Å². The molecule has 0 atom stereocenters. The van der Waals surface area contributed by atoms with Gasteiger partial charge in [0.25, 0.3) is 17.6 Å². The van der Waals surface area contributed by atoms with Crippen LogP contribution in [0.25, 0.3) is 5.82 Å². The normalized spacial score (nSPS) is 11.7. The standard InChI is InChI=1S/C26H23ClF4N10O2/c1-14-7-15(10-32)8-17(22(42)34-13-25(2,3)12-28)20(14)35-23(43)19-9-16(11-40-38-24(36-39-40)26(29,30)31)37-41(19)21-18(27)5-4-6-33-21/h4-9H,11-13H2,1-3H3,(H,34,42)(H,35,43). The summed E-state index contributed by atoms with van der Waals surface area (Å²) in [6.07, 6.45) is -3.42. The first-order valence-corrected chi connectivity index (χ1v) is 12.9. The Morgan fingerprint density at radius 2 is 1.88 bits per heavy atom. The van der Waals surface area contributed by atoms with Gasteiger partial charge in [-0.2, -0.15) is 28.3 Å². The van der Waals surface area contributed by atoms with Crippen LogP contribution < -0.4 is 10.6 Å². The predicted molar refractivity (Wildman–Crippen MR) is 144 cm³/mol. The highest BCUT2D eigenvalue weighted by Crippen LogP contribution is 2.27. The minimum absolute atomic E-state index is 0.0216. The lowest BCUT2D eigenvalue weighted by Crippen LogP contribution is -2.35. The van der Waals surface area contributed by atoms with Crippen LogP contribution in [0.5, 0.6) is 0 Å². The lowest BCUT2D eigenvalue weighted by molar-refractivity contribution is -0.145. The zero-order chi connectivity index (χ0) is 31.5. The molecule has 0 aliphatic carbocycles. The van der Waals surface area contributed by atoms with Gasteiger partial charge in [0.05, 0.1) is 40.3 Å². The van der Waals surface area contributed by atoms with Gasteiger partial charge in [-0.15, -0.1) is 10.2 Å². The van der Waals surface area contributed by atoms with Gasteiger partial charge in [0, 0.05) is 18.2 Å². The quantitative estimate of drug-likeness (QED) is 0.265. The van der Waals surface area contributed by atoms with Crippen molar-refractivity contribution < 1.29 is 27.2 Å². The molecule has 43 heavy (non-hydrogen) atoms. The number of nitrogens with one attached hydrogen (secondary N) is 2. The van der Waals surface area contributed by atoms with Crippen LogP contribution in [0, 0.1) is 23.7 Å². The topological polar surface area (TPSA) is 156 Å². The van der Waals surface area contributed by atoms with Gasteiger partial charge in [-0.25, -0.2) is 9.67 Å². The zero-order valence-corrected chi connectivity index (χ0v) is 23.6. The summed E-state index contributed by atoms with van der Waals surface area (Å²) >= 11 is 6.30. The minimum Gasteiger partial charge on any atom is -0.351 e. The van der Waals surface area contributed by atoms with E-state index >= 15 is 0 Å². The summed E-state index contributed by atoms with van der Waals surface area (Å²) in [5.74, 6) is -2.87. The van der Waals surface area contributed by atoms with Crippen LogP contribution in [0.2, 0.25) is 5.02 Å². The van der Waals surface area contributed by atoms with E-state index in [9.17, 15) is 32.4 Å². The predicted octanol–water partition coefficient (Wildman–Crippen LogP) is 4.13. The number of alkyl halides is 4. The molecule has 0 spiro atoms. The highest BCUT2D eigenvalue weighted by molar-refractivity contribution is 6.32. The van der Waals surface area contributed by atoms with E-state index in [0.29, 0.717) is 10.4 Å². The molecule has 0 saturated heterocycles. The van der Waals surface area contributed by atoms with Gasteiger partial charge in [0.1, 0.15) is 12.2 Å². The summed E-state index contributed by atoms with van der Waals surface area (Å²) < 4.78 is 53.2. The number of hydrogen-bond donors (Lipinski definition) is 2. The Morgan fingerprint density at radius 3 is 2.51 bits per heavy atom. The molecule has 0 unspecified atom stereocenters. The number of carbonyl (C=O) groups excluding carboxylic acids is 2. The molecular weight excluding hydrogens is 596 g/mol. The zero-order valence-electron chi connectivity index (χ0n) is 22.9. The molecule has 0 radical (unpaired) electrons. The van der Waals surface area contributed by atoms with E-state index in [4.69, 9.17) is 11.6 Å². The van der Waals surface area contributed by atoms with Crippen molar-refractivity contribution in [3.8, 4) is 11.9 Å². The Kier molecular flexibility index (Phi) is 8.76. The van der Waals surface area contributed by atoms with E-state index in [1.165, 1.54) is 30.5 Å².